The van der Waals surface area contributed by atoms with Gasteiger partial charge in [-0.3, -0.25) is 0 Å². The second-order valence-electron chi connectivity index (χ2n) is 4.93. The van der Waals surface area contributed by atoms with Gasteiger partial charge in [0, 0.05) is 16.3 Å². The maximum Gasteiger partial charge on any atom is 0.144 e. The average molecular weight is 281 g/mol. The molecule has 0 spiro atoms. The lowest BCUT2D eigenvalue weighted by atomic mass is 10.00. The molecule has 0 saturated carbocycles. The van der Waals surface area contributed by atoms with Crippen molar-refractivity contribution < 1.29 is 9.84 Å². The van der Waals surface area contributed by atoms with Crippen molar-refractivity contribution in [3.63, 3.8) is 0 Å². The van der Waals surface area contributed by atoms with E-state index in [9.17, 15) is 5.11 Å². The van der Waals surface area contributed by atoms with Crippen LogP contribution in [0.5, 0.6) is 5.75 Å². The monoisotopic (exact) mass is 280 g/mol. The van der Waals surface area contributed by atoms with Crippen LogP contribution >= 0.6 is 11.6 Å². The van der Waals surface area contributed by atoms with E-state index in [0.717, 1.165) is 16.9 Å². The number of nitrogens with zero attached hydrogens (tertiary/aromatic N) is 2. The molecule has 0 aliphatic heterocycles. The average Bonchev–Trinajstić information content (AvgIpc) is 2.70. The van der Waals surface area contributed by atoms with Gasteiger partial charge in [0.2, 0.25) is 0 Å². The zero-order chi connectivity index (χ0) is 14.2. The summed E-state index contributed by atoms with van der Waals surface area (Å²) in [7, 11) is 1.60. The topological polar surface area (TPSA) is 47.3 Å². The molecule has 0 aliphatic rings. The molecule has 0 radical (unpaired) electrons. The SMILES string of the molecule is COc1ccc(Cl)cc1-n1ncc(C(C)(C)O)c1C. The van der Waals surface area contributed by atoms with Crippen LogP contribution in [0.3, 0.4) is 0 Å². The summed E-state index contributed by atoms with van der Waals surface area (Å²) >= 11 is 6.03. The molecule has 0 atom stereocenters. The van der Waals surface area contributed by atoms with E-state index in [4.69, 9.17) is 16.3 Å². The summed E-state index contributed by atoms with van der Waals surface area (Å²) in [6.45, 7) is 5.37. The fourth-order valence-electron chi connectivity index (χ4n) is 2.08. The number of benzene rings is 1. The summed E-state index contributed by atoms with van der Waals surface area (Å²) in [4.78, 5) is 0. The van der Waals surface area contributed by atoms with Crippen LogP contribution < -0.4 is 4.74 Å². The molecule has 0 fully saturated rings. The maximum absolute atomic E-state index is 10.1. The van der Waals surface area contributed by atoms with Crippen LogP contribution in [-0.2, 0) is 5.60 Å². The van der Waals surface area contributed by atoms with Crippen LogP contribution in [0.25, 0.3) is 5.69 Å². The number of hydrogen-bond donors (Lipinski definition) is 1. The Balaban J connectivity index is 2.60. The smallest absolute Gasteiger partial charge is 0.144 e. The molecular formula is C14H17ClN2O2. The molecule has 1 N–H and O–H groups in total. The Kier molecular flexibility index (Phi) is 3.56. The second kappa shape index (κ2) is 4.87. The first kappa shape index (κ1) is 13.9. The van der Waals surface area contributed by atoms with Crippen LogP contribution in [0.1, 0.15) is 25.1 Å². The highest BCUT2D eigenvalue weighted by atomic mass is 35.5. The molecule has 0 aliphatic carbocycles. The highest BCUT2D eigenvalue weighted by Crippen LogP contribution is 2.30. The summed E-state index contributed by atoms with van der Waals surface area (Å²) < 4.78 is 7.04. The van der Waals surface area contributed by atoms with Crippen molar-refractivity contribution in [2.75, 3.05) is 7.11 Å². The van der Waals surface area contributed by atoms with E-state index in [1.165, 1.54) is 0 Å². The third-order valence-corrected chi connectivity index (χ3v) is 3.27. The van der Waals surface area contributed by atoms with Crippen LogP contribution in [0.4, 0.5) is 0 Å². The van der Waals surface area contributed by atoms with Crippen molar-refractivity contribution >= 4 is 11.6 Å². The fraction of sp³-hybridized carbons (Fsp3) is 0.357. The minimum Gasteiger partial charge on any atom is -0.494 e. The van der Waals surface area contributed by atoms with Gasteiger partial charge in [-0.2, -0.15) is 5.10 Å². The van der Waals surface area contributed by atoms with Gasteiger partial charge in [0.05, 0.1) is 18.9 Å². The Morgan fingerprint density at radius 3 is 2.58 bits per heavy atom. The van der Waals surface area contributed by atoms with Crippen molar-refractivity contribution in [3.8, 4) is 11.4 Å². The van der Waals surface area contributed by atoms with Gasteiger partial charge in [0.25, 0.3) is 0 Å². The first-order valence-electron chi connectivity index (χ1n) is 5.96. The first-order chi connectivity index (χ1) is 8.84. The lowest BCUT2D eigenvalue weighted by molar-refractivity contribution is 0.0779. The molecule has 19 heavy (non-hydrogen) atoms. The molecule has 102 valence electrons. The standard InChI is InChI=1S/C14H17ClN2O2/c1-9-11(14(2,3)18)8-16-17(9)12-7-10(15)5-6-13(12)19-4/h5-8,18H,1-4H3. The van der Waals surface area contributed by atoms with Gasteiger partial charge >= 0.3 is 0 Å². The summed E-state index contributed by atoms with van der Waals surface area (Å²) in [5.41, 5.74) is 1.44. The Morgan fingerprint density at radius 1 is 1.37 bits per heavy atom. The van der Waals surface area contributed by atoms with E-state index in [-0.39, 0.29) is 0 Å². The van der Waals surface area contributed by atoms with Crippen LogP contribution in [-0.4, -0.2) is 22.0 Å². The van der Waals surface area contributed by atoms with Gasteiger partial charge in [0.15, 0.2) is 0 Å². The number of hydrogen-bond acceptors (Lipinski definition) is 3. The predicted molar refractivity (Wildman–Crippen MR) is 75.1 cm³/mol. The van der Waals surface area contributed by atoms with E-state index in [1.54, 1.807) is 50.0 Å². The van der Waals surface area contributed by atoms with E-state index in [1.807, 2.05) is 6.92 Å². The number of halogens is 1. The highest BCUT2D eigenvalue weighted by Gasteiger charge is 2.23. The molecular weight excluding hydrogens is 264 g/mol. The fourth-order valence-corrected chi connectivity index (χ4v) is 2.25. The van der Waals surface area contributed by atoms with Crippen molar-refractivity contribution in [1.82, 2.24) is 9.78 Å². The Hall–Kier alpha value is -1.52. The van der Waals surface area contributed by atoms with Gasteiger partial charge in [-0.1, -0.05) is 11.6 Å². The molecule has 0 unspecified atom stereocenters. The van der Waals surface area contributed by atoms with Gasteiger partial charge < -0.3 is 9.84 Å². The number of aliphatic hydroxyl groups is 1. The predicted octanol–water partition coefficient (Wildman–Crippen LogP) is 3.07. The minimum absolute atomic E-state index is 0.607. The largest absolute Gasteiger partial charge is 0.494 e. The second-order valence-corrected chi connectivity index (χ2v) is 5.37. The molecule has 2 rings (SSSR count). The zero-order valence-electron chi connectivity index (χ0n) is 11.4. The summed E-state index contributed by atoms with van der Waals surface area (Å²) in [6, 6.07) is 5.34. The molecule has 5 heteroatoms. The molecule has 0 saturated heterocycles. The minimum atomic E-state index is -0.936. The number of ether oxygens (including phenoxy) is 1. The Bertz CT molecular complexity index is 600. The normalized spacial score (nSPS) is 11.7. The Morgan fingerprint density at radius 2 is 2.05 bits per heavy atom. The molecule has 0 bridgehead atoms. The third-order valence-electron chi connectivity index (χ3n) is 3.04. The van der Waals surface area contributed by atoms with E-state index < -0.39 is 5.60 Å². The number of aromatic nitrogens is 2. The Labute approximate surface area is 117 Å². The summed E-state index contributed by atoms with van der Waals surface area (Å²) in [6.07, 6.45) is 1.66. The van der Waals surface area contributed by atoms with Crippen LogP contribution in [0, 0.1) is 6.92 Å². The van der Waals surface area contributed by atoms with Gasteiger partial charge in [-0.05, 0) is 39.0 Å². The lowest BCUT2D eigenvalue weighted by Crippen LogP contribution is -2.16. The van der Waals surface area contributed by atoms with Crippen molar-refractivity contribution in [2.24, 2.45) is 0 Å². The molecule has 2 aromatic rings. The third kappa shape index (κ3) is 2.60. The summed E-state index contributed by atoms with van der Waals surface area (Å²) in [5.74, 6) is 0.679. The first-order valence-corrected chi connectivity index (χ1v) is 6.34. The van der Waals surface area contributed by atoms with Gasteiger partial charge in [0.1, 0.15) is 11.4 Å². The molecule has 1 aromatic carbocycles. The number of rotatable bonds is 3. The quantitative estimate of drug-likeness (QED) is 0.940. The van der Waals surface area contributed by atoms with E-state index in [0.29, 0.717) is 10.8 Å². The van der Waals surface area contributed by atoms with E-state index >= 15 is 0 Å². The van der Waals surface area contributed by atoms with Crippen LogP contribution in [0.15, 0.2) is 24.4 Å². The van der Waals surface area contributed by atoms with Crippen molar-refractivity contribution in [2.45, 2.75) is 26.4 Å². The lowest BCUT2D eigenvalue weighted by Gasteiger charge is -2.17. The summed E-state index contributed by atoms with van der Waals surface area (Å²) in [5, 5.41) is 15.0. The van der Waals surface area contributed by atoms with Gasteiger partial charge in [-0.15, -0.1) is 0 Å². The van der Waals surface area contributed by atoms with Gasteiger partial charge in [-0.25, -0.2) is 4.68 Å². The van der Waals surface area contributed by atoms with Crippen LogP contribution in [0.2, 0.25) is 5.02 Å². The molecule has 0 amide bonds. The molecule has 4 nitrogen and oxygen atoms in total. The molecule has 1 aromatic heterocycles. The molecule has 1 heterocycles. The van der Waals surface area contributed by atoms with Crippen molar-refractivity contribution in [1.29, 1.82) is 0 Å². The maximum atomic E-state index is 10.1. The van der Waals surface area contributed by atoms with Crippen molar-refractivity contribution in [3.05, 3.63) is 40.7 Å². The highest BCUT2D eigenvalue weighted by molar-refractivity contribution is 6.30. The zero-order valence-corrected chi connectivity index (χ0v) is 12.2. The van der Waals surface area contributed by atoms with E-state index in [2.05, 4.69) is 5.10 Å². The number of methoxy groups -OCH3 is 1.